The number of carbonyl (C=O) groups excluding carboxylic acids is 1. The van der Waals surface area contributed by atoms with Crippen molar-refractivity contribution in [1.29, 1.82) is 0 Å². The highest BCUT2D eigenvalue weighted by atomic mass is 28.4. The third-order valence-corrected chi connectivity index (χ3v) is 11.5. The van der Waals surface area contributed by atoms with Crippen LogP contribution in [0.25, 0.3) is 0 Å². The van der Waals surface area contributed by atoms with Crippen LogP contribution in [0.2, 0.25) is 16.6 Å². The number of aromatic nitrogens is 1. The molecule has 0 saturated carbocycles. The van der Waals surface area contributed by atoms with Crippen LogP contribution in [0, 0.1) is 5.82 Å². The number of hydrogen-bond donors (Lipinski definition) is 0. The first kappa shape index (κ1) is 19.1. The Hall–Kier alpha value is -1.27. The maximum absolute atomic E-state index is 14.2. The predicted molar refractivity (Wildman–Crippen MR) is 95.6 cm³/mol. The average molecular weight is 353 g/mol. The molecule has 0 bridgehead atoms. The molecule has 4 nitrogen and oxygen atoms in total. The lowest BCUT2D eigenvalue weighted by atomic mass is 9.95. The fourth-order valence-corrected chi connectivity index (χ4v) is 9.77. The lowest BCUT2D eigenvalue weighted by Crippen LogP contribution is -2.63. The molecular weight excluding hydrogens is 323 g/mol. The van der Waals surface area contributed by atoms with Crippen molar-refractivity contribution in [3.63, 3.8) is 0 Å². The van der Waals surface area contributed by atoms with Crippen molar-refractivity contribution < 1.29 is 13.6 Å². The summed E-state index contributed by atoms with van der Waals surface area (Å²) in [4.78, 5) is 18.2. The Labute approximate surface area is 145 Å². The molecule has 1 fully saturated rings. The molecule has 0 N–H and O–H groups in total. The van der Waals surface area contributed by atoms with Crippen LogP contribution in [-0.2, 0) is 9.22 Å². The van der Waals surface area contributed by atoms with Crippen LogP contribution >= 0.6 is 0 Å². The van der Waals surface area contributed by atoms with E-state index >= 15 is 0 Å². The Balaban J connectivity index is 2.39. The summed E-state index contributed by atoms with van der Waals surface area (Å²) in [5, 5.41) is 0. The van der Waals surface area contributed by atoms with Crippen molar-refractivity contribution in [2.24, 2.45) is 0 Å². The summed E-state index contributed by atoms with van der Waals surface area (Å²) < 4.78 is 20.8. The van der Waals surface area contributed by atoms with Crippen LogP contribution in [-0.4, -0.2) is 37.3 Å². The number of amides is 1. The Morgan fingerprint density at radius 1 is 1.17 bits per heavy atom. The van der Waals surface area contributed by atoms with Gasteiger partial charge in [0.25, 0.3) is 5.91 Å². The smallest absolute Gasteiger partial charge is 0.253 e. The molecule has 1 saturated heterocycles. The third kappa shape index (κ3) is 2.90. The molecule has 2 heterocycles. The first-order valence-corrected chi connectivity index (χ1v) is 10.8. The average Bonchev–Trinajstić information content (AvgIpc) is 2.50. The number of likely N-dealkylation sites (tertiary alicyclic amines) is 1. The first-order valence-electron chi connectivity index (χ1n) is 8.69. The Morgan fingerprint density at radius 3 is 2.17 bits per heavy atom. The van der Waals surface area contributed by atoms with E-state index in [4.69, 9.17) is 4.43 Å². The van der Waals surface area contributed by atoms with E-state index in [-0.39, 0.29) is 11.7 Å². The van der Waals surface area contributed by atoms with Gasteiger partial charge in [-0.3, -0.25) is 9.78 Å². The predicted octanol–water partition coefficient (Wildman–Crippen LogP) is 4.29. The number of nitrogens with zero attached hydrogens (tertiary/aromatic N) is 2. The number of likely N-dealkylation sites (N-methyl/N-ethyl adjacent to an activating group) is 1. The normalized spacial score (nSPS) is 21.8. The number of β-lactam (4-membered cyclic amide) rings is 1. The fourth-order valence-electron chi connectivity index (χ4n) is 4.28. The van der Waals surface area contributed by atoms with E-state index in [1.165, 1.54) is 11.0 Å². The number of pyridine rings is 1. The van der Waals surface area contributed by atoms with E-state index in [0.717, 1.165) is 0 Å². The third-order valence-electron chi connectivity index (χ3n) is 5.40. The molecule has 2 atom stereocenters. The summed E-state index contributed by atoms with van der Waals surface area (Å²) >= 11 is 0. The summed E-state index contributed by atoms with van der Waals surface area (Å²) in [6.07, 6.45) is 0.933. The molecule has 1 aliphatic heterocycles. The quantitative estimate of drug-likeness (QED) is 0.566. The molecule has 2 rings (SSSR count). The molecule has 0 radical (unpaired) electrons. The molecule has 134 valence electrons. The summed E-state index contributed by atoms with van der Waals surface area (Å²) in [6, 6.07) is 2.50. The Morgan fingerprint density at radius 2 is 1.71 bits per heavy atom. The lowest BCUT2D eigenvalue weighted by molar-refractivity contribution is -0.162. The minimum Gasteiger partial charge on any atom is -0.402 e. The van der Waals surface area contributed by atoms with Crippen molar-refractivity contribution in [2.75, 3.05) is 7.05 Å². The van der Waals surface area contributed by atoms with Crippen LogP contribution in [0.5, 0.6) is 0 Å². The molecule has 1 aromatic rings. The Kier molecular flexibility index (Phi) is 5.49. The molecule has 1 aliphatic rings. The summed E-state index contributed by atoms with van der Waals surface area (Å²) in [6.45, 7) is 13.1. The van der Waals surface area contributed by atoms with Gasteiger partial charge in [0.1, 0.15) is 17.6 Å². The van der Waals surface area contributed by atoms with Gasteiger partial charge in [0.05, 0.1) is 0 Å². The van der Waals surface area contributed by atoms with Gasteiger partial charge in [-0.15, -0.1) is 0 Å². The van der Waals surface area contributed by atoms with Gasteiger partial charge in [-0.2, -0.15) is 0 Å². The molecule has 24 heavy (non-hydrogen) atoms. The maximum Gasteiger partial charge on any atom is 0.253 e. The summed E-state index contributed by atoms with van der Waals surface area (Å²) in [5.74, 6) is -0.467. The second-order valence-corrected chi connectivity index (χ2v) is 13.0. The monoisotopic (exact) mass is 352 g/mol. The molecule has 1 amide bonds. The number of halogens is 1. The van der Waals surface area contributed by atoms with E-state index in [2.05, 4.69) is 46.5 Å². The number of hydrogen-bond acceptors (Lipinski definition) is 3. The van der Waals surface area contributed by atoms with E-state index in [9.17, 15) is 9.18 Å². The van der Waals surface area contributed by atoms with E-state index < -0.39 is 20.5 Å². The van der Waals surface area contributed by atoms with Crippen molar-refractivity contribution in [3.05, 3.63) is 29.8 Å². The van der Waals surface area contributed by atoms with E-state index in [0.29, 0.717) is 22.3 Å². The molecule has 6 heteroatoms. The first-order chi connectivity index (χ1) is 11.1. The van der Waals surface area contributed by atoms with Crippen LogP contribution in [0.15, 0.2) is 18.3 Å². The van der Waals surface area contributed by atoms with Gasteiger partial charge < -0.3 is 9.33 Å². The fraction of sp³-hybridized carbons (Fsp3) is 0.667. The zero-order chi connectivity index (χ0) is 18.2. The SMILES string of the molecule is CC(C)[Si](O[C@H]1C(=O)N(C)[C@H]1c1ncccc1F)(C(C)C)C(C)C. The van der Waals surface area contributed by atoms with E-state index in [1.54, 1.807) is 19.3 Å². The van der Waals surface area contributed by atoms with Crippen LogP contribution in [0.3, 0.4) is 0 Å². The van der Waals surface area contributed by atoms with Crippen molar-refractivity contribution in [2.45, 2.75) is 70.3 Å². The lowest BCUT2D eigenvalue weighted by Gasteiger charge is -2.51. The van der Waals surface area contributed by atoms with Gasteiger partial charge in [0.2, 0.25) is 8.32 Å². The molecule has 0 aliphatic carbocycles. The number of rotatable bonds is 6. The molecule has 0 unspecified atom stereocenters. The molecule has 1 aromatic heterocycles. The highest BCUT2D eigenvalue weighted by Gasteiger charge is 2.55. The van der Waals surface area contributed by atoms with Gasteiger partial charge in [0, 0.05) is 13.2 Å². The van der Waals surface area contributed by atoms with Gasteiger partial charge in [0.15, 0.2) is 6.10 Å². The highest BCUT2D eigenvalue weighted by molar-refractivity contribution is 6.77. The standard InChI is InChI=1S/C18H29FN2O2Si/c1-11(2)24(12(3)4,13(5)6)23-17-16(21(7)18(17)22)15-14(19)9-8-10-20-15/h8-13,16-17H,1-7H3/t16-,17+/m0/s1. The summed E-state index contributed by atoms with van der Waals surface area (Å²) in [7, 11) is -0.537. The molecule has 0 spiro atoms. The van der Waals surface area contributed by atoms with Crippen molar-refractivity contribution in [3.8, 4) is 0 Å². The molecular formula is C18H29FN2O2Si. The highest BCUT2D eigenvalue weighted by Crippen LogP contribution is 2.47. The largest absolute Gasteiger partial charge is 0.402 e. The second kappa shape index (κ2) is 6.92. The van der Waals surface area contributed by atoms with Crippen LogP contribution in [0.4, 0.5) is 4.39 Å². The zero-order valence-electron chi connectivity index (χ0n) is 15.7. The Bertz CT molecular complexity index is 585. The maximum atomic E-state index is 14.2. The van der Waals surface area contributed by atoms with Crippen LogP contribution in [0.1, 0.15) is 53.3 Å². The van der Waals surface area contributed by atoms with E-state index in [1.807, 2.05) is 0 Å². The molecule has 0 aromatic carbocycles. The van der Waals surface area contributed by atoms with Crippen molar-refractivity contribution >= 4 is 14.2 Å². The summed E-state index contributed by atoms with van der Waals surface area (Å²) in [5.41, 5.74) is 1.39. The minimum atomic E-state index is -2.22. The minimum absolute atomic E-state index is 0.0797. The van der Waals surface area contributed by atoms with Crippen molar-refractivity contribution in [1.82, 2.24) is 9.88 Å². The second-order valence-electron chi connectivity index (χ2n) is 7.62. The zero-order valence-corrected chi connectivity index (χ0v) is 16.7. The topological polar surface area (TPSA) is 42.4 Å². The van der Waals surface area contributed by atoms with Gasteiger partial charge in [-0.25, -0.2) is 4.39 Å². The van der Waals surface area contributed by atoms with Gasteiger partial charge >= 0.3 is 0 Å². The van der Waals surface area contributed by atoms with Crippen LogP contribution < -0.4 is 0 Å². The van der Waals surface area contributed by atoms with Gasteiger partial charge in [-0.1, -0.05) is 41.5 Å². The number of carbonyl (C=O) groups is 1. The van der Waals surface area contributed by atoms with Gasteiger partial charge in [-0.05, 0) is 28.8 Å².